The molecule has 0 amide bonds. The molecule has 1 aliphatic rings. The standard InChI is InChI=1S/C16H16BrF3N2OS/c17-11-3-4-13(23-16(18,19)20)12(10-11)15(14-2-1-9-24-14)22-7-5-21-6-8-22/h1-4,9-10,15,21H,5-8H2/t15-/m1/s1. The fraction of sp³-hybridized carbons (Fsp3) is 0.375. The minimum atomic E-state index is -4.72. The molecule has 3 nitrogen and oxygen atoms in total. The van der Waals surface area contributed by atoms with Gasteiger partial charge in [-0.2, -0.15) is 0 Å². The molecule has 130 valence electrons. The van der Waals surface area contributed by atoms with Gasteiger partial charge < -0.3 is 10.1 Å². The van der Waals surface area contributed by atoms with E-state index in [4.69, 9.17) is 0 Å². The number of piperazine rings is 1. The van der Waals surface area contributed by atoms with Gasteiger partial charge >= 0.3 is 6.36 Å². The lowest BCUT2D eigenvalue weighted by molar-refractivity contribution is -0.275. The van der Waals surface area contributed by atoms with Crippen LogP contribution in [-0.2, 0) is 0 Å². The Morgan fingerprint density at radius 3 is 2.58 bits per heavy atom. The van der Waals surface area contributed by atoms with Gasteiger partial charge in [0.15, 0.2) is 0 Å². The third-order valence-corrected chi connectivity index (χ3v) is 5.24. The van der Waals surface area contributed by atoms with Gasteiger partial charge in [-0.1, -0.05) is 22.0 Å². The molecule has 1 aromatic carbocycles. The highest BCUT2D eigenvalue weighted by Crippen LogP contribution is 2.40. The Morgan fingerprint density at radius 2 is 1.96 bits per heavy atom. The van der Waals surface area contributed by atoms with Crippen LogP contribution >= 0.6 is 27.3 Å². The lowest BCUT2D eigenvalue weighted by Crippen LogP contribution is -2.45. The summed E-state index contributed by atoms with van der Waals surface area (Å²) in [6, 6.07) is 8.26. The van der Waals surface area contributed by atoms with Crippen molar-refractivity contribution in [1.82, 2.24) is 10.2 Å². The van der Waals surface area contributed by atoms with E-state index in [1.165, 1.54) is 17.4 Å². The fourth-order valence-electron chi connectivity index (χ4n) is 2.87. The van der Waals surface area contributed by atoms with Crippen LogP contribution in [-0.4, -0.2) is 37.4 Å². The predicted molar refractivity (Wildman–Crippen MR) is 91.4 cm³/mol. The molecule has 1 fully saturated rings. The van der Waals surface area contributed by atoms with Crippen LogP contribution in [0.3, 0.4) is 0 Å². The molecular weight excluding hydrogens is 405 g/mol. The lowest BCUT2D eigenvalue weighted by Gasteiger charge is -2.35. The highest BCUT2D eigenvalue weighted by atomic mass is 79.9. The van der Waals surface area contributed by atoms with E-state index in [0.717, 1.165) is 35.5 Å². The number of nitrogens with one attached hydrogen (secondary N) is 1. The number of thiophene rings is 1. The Morgan fingerprint density at radius 1 is 1.21 bits per heavy atom. The summed E-state index contributed by atoms with van der Waals surface area (Å²) in [6.07, 6.45) is -4.72. The molecule has 0 aliphatic carbocycles. The van der Waals surface area contributed by atoms with Gasteiger partial charge in [0.25, 0.3) is 0 Å². The second kappa shape index (κ2) is 7.43. The van der Waals surface area contributed by atoms with Gasteiger partial charge in [-0.15, -0.1) is 24.5 Å². The van der Waals surface area contributed by atoms with E-state index in [1.54, 1.807) is 12.1 Å². The maximum Gasteiger partial charge on any atom is 0.573 e. The Labute approximate surface area is 150 Å². The van der Waals surface area contributed by atoms with Crippen LogP contribution in [0.25, 0.3) is 0 Å². The van der Waals surface area contributed by atoms with Crippen molar-refractivity contribution in [2.75, 3.05) is 26.2 Å². The second-order valence-electron chi connectivity index (χ2n) is 5.43. The third-order valence-electron chi connectivity index (χ3n) is 3.82. The molecule has 1 atom stereocenters. The lowest BCUT2D eigenvalue weighted by atomic mass is 10.0. The van der Waals surface area contributed by atoms with E-state index in [-0.39, 0.29) is 11.8 Å². The van der Waals surface area contributed by atoms with Crippen molar-refractivity contribution >= 4 is 27.3 Å². The largest absolute Gasteiger partial charge is 0.573 e. The van der Waals surface area contributed by atoms with Crippen molar-refractivity contribution in [3.05, 3.63) is 50.6 Å². The molecule has 0 bridgehead atoms. The predicted octanol–water partition coefficient (Wildman–Crippen LogP) is 4.40. The Balaban J connectivity index is 2.05. The average molecular weight is 421 g/mol. The average Bonchev–Trinajstić information content (AvgIpc) is 3.04. The van der Waals surface area contributed by atoms with Gasteiger partial charge in [-0.05, 0) is 29.6 Å². The summed E-state index contributed by atoms with van der Waals surface area (Å²) < 4.78 is 43.5. The molecule has 0 saturated carbocycles. The summed E-state index contributed by atoms with van der Waals surface area (Å²) in [5.74, 6) is -0.150. The molecule has 1 N–H and O–H groups in total. The maximum atomic E-state index is 12.8. The van der Waals surface area contributed by atoms with Crippen LogP contribution in [0.5, 0.6) is 5.75 Å². The highest BCUT2D eigenvalue weighted by Gasteiger charge is 2.35. The van der Waals surface area contributed by atoms with Crippen molar-refractivity contribution in [2.24, 2.45) is 0 Å². The molecule has 1 aromatic heterocycles. The zero-order chi connectivity index (χ0) is 17.2. The molecule has 24 heavy (non-hydrogen) atoms. The smallest absolute Gasteiger partial charge is 0.405 e. The van der Waals surface area contributed by atoms with Gasteiger partial charge in [0.2, 0.25) is 0 Å². The van der Waals surface area contributed by atoms with E-state index in [1.807, 2.05) is 17.5 Å². The van der Waals surface area contributed by atoms with Crippen molar-refractivity contribution in [1.29, 1.82) is 0 Å². The zero-order valence-electron chi connectivity index (χ0n) is 12.6. The van der Waals surface area contributed by atoms with Gasteiger partial charge in [-0.3, -0.25) is 4.90 Å². The van der Waals surface area contributed by atoms with Crippen molar-refractivity contribution < 1.29 is 17.9 Å². The number of rotatable bonds is 4. The number of halogens is 4. The van der Waals surface area contributed by atoms with Gasteiger partial charge in [0.1, 0.15) is 5.75 Å². The van der Waals surface area contributed by atoms with Crippen LogP contribution in [0.4, 0.5) is 13.2 Å². The molecule has 0 spiro atoms. The number of benzene rings is 1. The Kier molecular flexibility index (Phi) is 5.49. The summed E-state index contributed by atoms with van der Waals surface area (Å²) in [6.45, 7) is 3.15. The van der Waals surface area contributed by atoms with Crippen LogP contribution < -0.4 is 10.1 Å². The van der Waals surface area contributed by atoms with E-state index >= 15 is 0 Å². The number of hydrogen-bond donors (Lipinski definition) is 1. The van der Waals surface area contributed by atoms with Crippen molar-refractivity contribution in [3.8, 4) is 5.75 Å². The summed E-state index contributed by atoms with van der Waals surface area (Å²) >= 11 is 4.91. The van der Waals surface area contributed by atoms with Crippen LogP contribution in [0.2, 0.25) is 0 Å². The van der Waals surface area contributed by atoms with E-state index in [2.05, 4.69) is 30.9 Å². The molecule has 3 rings (SSSR count). The second-order valence-corrected chi connectivity index (χ2v) is 7.33. The summed E-state index contributed by atoms with van der Waals surface area (Å²) in [5, 5.41) is 5.21. The monoisotopic (exact) mass is 420 g/mol. The Hall–Kier alpha value is -1.09. The zero-order valence-corrected chi connectivity index (χ0v) is 15.0. The molecule has 1 aliphatic heterocycles. The minimum absolute atomic E-state index is 0.150. The molecule has 0 radical (unpaired) electrons. The van der Waals surface area contributed by atoms with Gasteiger partial charge in [-0.25, -0.2) is 0 Å². The van der Waals surface area contributed by atoms with E-state index in [0.29, 0.717) is 5.56 Å². The number of alkyl halides is 3. The first-order valence-electron chi connectivity index (χ1n) is 7.47. The minimum Gasteiger partial charge on any atom is -0.405 e. The molecule has 2 heterocycles. The molecule has 8 heteroatoms. The highest BCUT2D eigenvalue weighted by molar-refractivity contribution is 9.10. The molecule has 1 saturated heterocycles. The first-order valence-corrected chi connectivity index (χ1v) is 9.15. The molecule has 0 unspecified atom stereocenters. The van der Waals surface area contributed by atoms with E-state index in [9.17, 15) is 13.2 Å². The topological polar surface area (TPSA) is 24.5 Å². The maximum absolute atomic E-state index is 12.8. The fourth-order valence-corrected chi connectivity index (χ4v) is 4.12. The van der Waals surface area contributed by atoms with E-state index < -0.39 is 6.36 Å². The van der Waals surface area contributed by atoms with Crippen molar-refractivity contribution in [2.45, 2.75) is 12.4 Å². The van der Waals surface area contributed by atoms with Crippen LogP contribution in [0, 0.1) is 0 Å². The van der Waals surface area contributed by atoms with Crippen LogP contribution in [0.1, 0.15) is 16.5 Å². The SMILES string of the molecule is FC(F)(F)Oc1ccc(Br)cc1[C@H](c1cccs1)N1CCNCC1. The number of hydrogen-bond acceptors (Lipinski definition) is 4. The normalized spacial score (nSPS) is 17.7. The number of nitrogens with zero attached hydrogens (tertiary/aromatic N) is 1. The number of ether oxygens (including phenoxy) is 1. The Bertz CT molecular complexity index is 672. The van der Waals surface area contributed by atoms with Gasteiger partial charge in [0, 0.05) is 41.1 Å². The third kappa shape index (κ3) is 4.30. The summed E-state index contributed by atoms with van der Waals surface area (Å²) in [5.41, 5.74) is 0.519. The van der Waals surface area contributed by atoms with Gasteiger partial charge in [0.05, 0.1) is 6.04 Å². The quantitative estimate of drug-likeness (QED) is 0.792. The van der Waals surface area contributed by atoms with Crippen LogP contribution in [0.15, 0.2) is 40.2 Å². The molecule has 2 aromatic rings. The summed E-state index contributed by atoms with van der Waals surface area (Å²) in [7, 11) is 0. The first-order chi connectivity index (χ1) is 11.4. The first kappa shape index (κ1) is 17.7. The molecular formula is C16H16BrF3N2OS. The van der Waals surface area contributed by atoms with Crippen molar-refractivity contribution in [3.63, 3.8) is 0 Å². The summed E-state index contributed by atoms with van der Waals surface area (Å²) in [4.78, 5) is 3.19.